The van der Waals surface area contributed by atoms with E-state index in [9.17, 15) is 19.5 Å². The Morgan fingerprint density at radius 3 is 2.57 bits per heavy atom. The third-order valence-electron chi connectivity index (χ3n) is 6.05. The first-order valence-electron chi connectivity index (χ1n) is 12.0. The lowest BCUT2D eigenvalue weighted by molar-refractivity contribution is -0.142. The average molecular weight is 584 g/mol. The van der Waals surface area contributed by atoms with Crippen LogP contribution in [0.1, 0.15) is 49.4 Å². The Labute approximate surface area is 226 Å². The summed E-state index contributed by atoms with van der Waals surface area (Å²) in [5, 5.41) is 11.7. The highest BCUT2D eigenvalue weighted by atomic mass is 79.9. The summed E-state index contributed by atoms with van der Waals surface area (Å²) in [5.41, 5.74) is 3.84. The molecule has 0 aliphatic heterocycles. The van der Waals surface area contributed by atoms with Crippen molar-refractivity contribution in [1.82, 2.24) is 14.5 Å². The Hall–Kier alpha value is -3.37. The van der Waals surface area contributed by atoms with Crippen LogP contribution in [0.3, 0.4) is 0 Å². The maximum Gasteiger partial charge on any atom is 0.420 e. The third kappa shape index (κ3) is 6.50. The molecule has 192 valence electrons. The van der Waals surface area contributed by atoms with Crippen LogP contribution < -0.4 is 0 Å². The molecule has 0 spiro atoms. The molecule has 37 heavy (non-hydrogen) atoms. The first-order valence-corrected chi connectivity index (χ1v) is 13.7. The number of halogens is 1. The van der Waals surface area contributed by atoms with Gasteiger partial charge in [0.05, 0.1) is 22.5 Å². The Morgan fingerprint density at radius 2 is 1.89 bits per heavy atom. The molecule has 2 atom stereocenters. The molecule has 1 N–H and O–H groups in total. The van der Waals surface area contributed by atoms with E-state index in [0.717, 1.165) is 17.3 Å². The zero-order valence-corrected chi connectivity index (χ0v) is 22.6. The van der Waals surface area contributed by atoms with Crippen molar-refractivity contribution in [3.8, 4) is 11.5 Å². The predicted octanol–water partition coefficient (Wildman–Crippen LogP) is 6.83. The number of carbonyl (C=O) groups excluding carboxylic acids is 2. The number of carboxylic acid groups (broad SMARTS) is 1. The highest BCUT2D eigenvalue weighted by Crippen LogP contribution is 2.27. The van der Waals surface area contributed by atoms with Gasteiger partial charge < -0.3 is 9.84 Å². The van der Waals surface area contributed by atoms with Gasteiger partial charge in [0.2, 0.25) is 0 Å². The van der Waals surface area contributed by atoms with Gasteiger partial charge in [0.15, 0.2) is 11.6 Å². The van der Waals surface area contributed by atoms with Crippen LogP contribution in [-0.2, 0) is 9.53 Å². The predicted molar refractivity (Wildman–Crippen MR) is 145 cm³/mol. The fourth-order valence-electron chi connectivity index (χ4n) is 4.12. The Kier molecular flexibility index (Phi) is 8.83. The zero-order valence-electron chi connectivity index (χ0n) is 20.2. The SMILES string of the molecule is CCCCC(CC(CC(=O)c1ccc(Br)cc1)C(=O)O)OC(=O)n1c(-c2cscn2)nc2ccccc21. The summed E-state index contributed by atoms with van der Waals surface area (Å²) in [4.78, 5) is 47.3. The molecule has 0 fully saturated rings. The molecule has 0 saturated heterocycles. The van der Waals surface area contributed by atoms with E-state index in [4.69, 9.17) is 4.74 Å². The molecule has 10 heteroatoms. The highest BCUT2D eigenvalue weighted by molar-refractivity contribution is 9.10. The minimum atomic E-state index is -1.10. The van der Waals surface area contributed by atoms with E-state index < -0.39 is 24.1 Å². The second-order valence-corrected chi connectivity index (χ2v) is 10.3. The monoisotopic (exact) mass is 583 g/mol. The van der Waals surface area contributed by atoms with E-state index in [1.807, 2.05) is 13.0 Å². The van der Waals surface area contributed by atoms with Gasteiger partial charge in [0, 0.05) is 21.8 Å². The van der Waals surface area contributed by atoms with Crippen LogP contribution in [0, 0.1) is 5.92 Å². The van der Waals surface area contributed by atoms with Gasteiger partial charge in [-0.05, 0) is 37.1 Å². The van der Waals surface area contributed by atoms with E-state index in [1.54, 1.807) is 53.4 Å². The molecule has 0 aliphatic carbocycles. The number of ether oxygens (including phenoxy) is 1. The number of imidazole rings is 1. The normalized spacial score (nSPS) is 12.8. The molecule has 2 unspecified atom stereocenters. The lowest BCUT2D eigenvalue weighted by Gasteiger charge is -2.22. The van der Waals surface area contributed by atoms with E-state index in [2.05, 4.69) is 25.9 Å². The topological polar surface area (TPSA) is 111 Å². The molecule has 4 rings (SSSR count). The zero-order chi connectivity index (χ0) is 26.4. The van der Waals surface area contributed by atoms with Gasteiger partial charge in [0.1, 0.15) is 11.8 Å². The number of hydrogen-bond acceptors (Lipinski definition) is 7. The Balaban J connectivity index is 1.57. The molecule has 0 radical (unpaired) electrons. The molecule has 0 amide bonds. The van der Waals surface area contributed by atoms with Gasteiger partial charge in [0.25, 0.3) is 0 Å². The smallest absolute Gasteiger partial charge is 0.420 e. The number of carbonyl (C=O) groups is 3. The van der Waals surface area contributed by atoms with Crippen LogP contribution in [0.15, 0.2) is 63.9 Å². The van der Waals surface area contributed by atoms with Crippen molar-refractivity contribution in [1.29, 1.82) is 0 Å². The minimum Gasteiger partial charge on any atom is -0.481 e. The average Bonchev–Trinajstić information content (AvgIpc) is 3.55. The molecular weight excluding hydrogens is 558 g/mol. The number of unbranched alkanes of at least 4 members (excludes halogenated alkanes) is 1. The standard InChI is InChI=1S/C27H26BrN3O5S/c1-2-3-6-20(13-18(26(33)34)14-24(32)17-9-11-19(28)12-10-17)36-27(35)31-23-8-5-4-7-21(23)30-25(31)22-15-37-16-29-22/h4-5,7-12,15-16,18,20H,2-3,6,13-14H2,1H3,(H,33,34). The lowest BCUT2D eigenvalue weighted by atomic mass is 9.91. The number of para-hydroxylation sites is 2. The number of carboxylic acids is 1. The fraction of sp³-hybridized carbons (Fsp3) is 0.296. The number of fused-ring (bicyclic) bond motifs is 1. The summed E-state index contributed by atoms with van der Waals surface area (Å²) in [7, 11) is 0. The highest BCUT2D eigenvalue weighted by Gasteiger charge is 2.29. The Morgan fingerprint density at radius 1 is 1.14 bits per heavy atom. The number of benzene rings is 2. The van der Waals surface area contributed by atoms with Gasteiger partial charge in [-0.1, -0.05) is 60.0 Å². The van der Waals surface area contributed by atoms with E-state index in [-0.39, 0.29) is 18.6 Å². The maximum atomic E-state index is 13.5. The number of thiazole rings is 1. The molecule has 8 nitrogen and oxygen atoms in total. The van der Waals surface area contributed by atoms with Crippen molar-refractivity contribution in [2.75, 3.05) is 0 Å². The van der Waals surface area contributed by atoms with Crippen LogP contribution in [0.4, 0.5) is 4.79 Å². The number of rotatable bonds is 11. The van der Waals surface area contributed by atoms with Gasteiger partial charge >= 0.3 is 12.1 Å². The number of aliphatic carboxylic acids is 1. The van der Waals surface area contributed by atoms with E-state index in [0.29, 0.717) is 34.5 Å². The number of ketones is 1. The first kappa shape index (κ1) is 26.7. The van der Waals surface area contributed by atoms with Crippen molar-refractivity contribution < 1.29 is 24.2 Å². The van der Waals surface area contributed by atoms with Crippen molar-refractivity contribution in [3.63, 3.8) is 0 Å². The number of nitrogens with zero attached hydrogens (tertiary/aromatic N) is 3. The van der Waals surface area contributed by atoms with Gasteiger partial charge in [-0.3, -0.25) is 9.59 Å². The van der Waals surface area contributed by atoms with Crippen molar-refractivity contribution in [2.24, 2.45) is 5.92 Å². The summed E-state index contributed by atoms with van der Waals surface area (Å²) in [6.45, 7) is 2.01. The van der Waals surface area contributed by atoms with Gasteiger partial charge in [-0.15, -0.1) is 11.3 Å². The molecular formula is C27H26BrN3O5S. The first-order chi connectivity index (χ1) is 17.9. The molecule has 2 aromatic heterocycles. The van der Waals surface area contributed by atoms with Gasteiger partial charge in [-0.2, -0.15) is 0 Å². The summed E-state index contributed by atoms with van der Waals surface area (Å²) in [6.07, 6.45) is 0.585. The van der Waals surface area contributed by atoms with Crippen LogP contribution in [0.25, 0.3) is 22.6 Å². The maximum absolute atomic E-state index is 13.5. The largest absolute Gasteiger partial charge is 0.481 e. The van der Waals surface area contributed by atoms with Gasteiger partial charge in [-0.25, -0.2) is 19.3 Å². The van der Waals surface area contributed by atoms with Crippen LogP contribution >= 0.6 is 27.3 Å². The van der Waals surface area contributed by atoms with Crippen molar-refractivity contribution in [3.05, 3.63) is 69.5 Å². The van der Waals surface area contributed by atoms with Crippen molar-refractivity contribution in [2.45, 2.75) is 45.1 Å². The third-order valence-corrected chi connectivity index (χ3v) is 7.16. The summed E-state index contributed by atoms with van der Waals surface area (Å²) in [5.74, 6) is -2.00. The Bertz CT molecular complexity index is 1390. The van der Waals surface area contributed by atoms with Crippen LogP contribution in [0.5, 0.6) is 0 Å². The fourth-order valence-corrected chi connectivity index (χ4v) is 4.92. The second kappa shape index (κ2) is 12.2. The minimum absolute atomic E-state index is 0.0298. The molecule has 4 aromatic rings. The molecule has 2 aromatic carbocycles. The van der Waals surface area contributed by atoms with E-state index >= 15 is 0 Å². The lowest BCUT2D eigenvalue weighted by Crippen LogP contribution is -2.29. The summed E-state index contributed by atoms with van der Waals surface area (Å²) < 4.78 is 8.12. The second-order valence-electron chi connectivity index (χ2n) is 8.69. The number of hydrogen-bond donors (Lipinski definition) is 1. The van der Waals surface area contributed by atoms with Crippen LogP contribution in [-0.4, -0.2) is 43.6 Å². The molecule has 2 heterocycles. The van der Waals surface area contributed by atoms with E-state index in [1.165, 1.54) is 15.9 Å². The molecule has 0 aliphatic rings. The molecule has 0 saturated carbocycles. The summed E-state index contributed by atoms with van der Waals surface area (Å²) >= 11 is 4.72. The summed E-state index contributed by atoms with van der Waals surface area (Å²) in [6, 6.07) is 14.0. The molecule has 0 bridgehead atoms. The number of aromatic nitrogens is 3. The van der Waals surface area contributed by atoms with Crippen LogP contribution in [0.2, 0.25) is 0 Å². The van der Waals surface area contributed by atoms with Crippen molar-refractivity contribution >= 4 is 56.1 Å². The number of Topliss-reactive ketones (excluding diaryl/α,β-unsaturated/α-hetero) is 1. The quantitative estimate of drug-likeness (QED) is 0.192.